The van der Waals surface area contributed by atoms with E-state index in [1.165, 1.54) is 26.4 Å². The van der Waals surface area contributed by atoms with E-state index in [-0.39, 0.29) is 11.4 Å². The third-order valence-corrected chi connectivity index (χ3v) is 4.78. The lowest BCUT2D eigenvalue weighted by atomic mass is 10.1. The number of carboxylic acids is 2. The molecule has 138 valence electrons. The minimum absolute atomic E-state index is 0.0750. The molecule has 0 fully saturated rings. The van der Waals surface area contributed by atoms with Gasteiger partial charge in [-0.15, -0.1) is 0 Å². The van der Waals surface area contributed by atoms with E-state index < -0.39 is 38.0 Å². The second-order valence-corrected chi connectivity index (χ2v) is 6.67. The highest BCUT2D eigenvalue weighted by Gasteiger charge is 2.23. The maximum atomic E-state index is 12.6. The van der Waals surface area contributed by atoms with Crippen LogP contribution in [0.2, 0.25) is 0 Å². The molecule has 3 N–H and O–H groups in total. The molecule has 0 heterocycles. The van der Waals surface area contributed by atoms with Gasteiger partial charge in [0.15, 0.2) is 0 Å². The number of nitrogens with one attached hydrogen (secondary N) is 1. The number of ether oxygens (including phenoxy) is 2. The Labute approximate surface area is 148 Å². The average Bonchev–Trinajstić information content (AvgIpc) is 2.60. The van der Waals surface area contributed by atoms with E-state index in [2.05, 4.69) is 4.72 Å². The summed E-state index contributed by atoms with van der Waals surface area (Å²) in [4.78, 5) is 21.9. The highest BCUT2D eigenvalue weighted by molar-refractivity contribution is 7.92. The Morgan fingerprint density at radius 1 is 0.923 bits per heavy atom. The number of methoxy groups -OCH3 is 2. The van der Waals surface area contributed by atoms with Crippen LogP contribution in [-0.2, 0) is 10.0 Å². The van der Waals surface area contributed by atoms with Crippen molar-refractivity contribution < 1.29 is 37.7 Å². The molecule has 0 saturated carbocycles. The molecule has 0 radical (unpaired) electrons. The van der Waals surface area contributed by atoms with E-state index >= 15 is 0 Å². The summed E-state index contributed by atoms with van der Waals surface area (Å²) in [6.07, 6.45) is 0. The van der Waals surface area contributed by atoms with E-state index in [1.54, 1.807) is 6.07 Å². The normalized spacial score (nSPS) is 10.8. The SMILES string of the molecule is COc1ccc(OC)c(NS(=O)(=O)c2ccc(C(=O)O)c(C(=O)O)c2)c1. The summed E-state index contributed by atoms with van der Waals surface area (Å²) in [6, 6.07) is 7.16. The molecule has 0 saturated heterocycles. The number of benzene rings is 2. The summed E-state index contributed by atoms with van der Waals surface area (Å²) < 4.78 is 37.5. The van der Waals surface area contributed by atoms with Crippen molar-refractivity contribution in [1.82, 2.24) is 0 Å². The minimum atomic E-state index is -4.21. The molecule has 0 bridgehead atoms. The highest BCUT2D eigenvalue weighted by Crippen LogP contribution is 2.31. The molecule has 9 nitrogen and oxygen atoms in total. The van der Waals surface area contributed by atoms with Crippen LogP contribution in [0.3, 0.4) is 0 Å². The van der Waals surface area contributed by atoms with Crippen LogP contribution >= 0.6 is 0 Å². The summed E-state index contributed by atoms with van der Waals surface area (Å²) in [5.74, 6) is -2.45. The Morgan fingerprint density at radius 3 is 2.12 bits per heavy atom. The van der Waals surface area contributed by atoms with Crippen molar-refractivity contribution in [3.63, 3.8) is 0 Å². The van der Waals surface area contributed by atoms with Gasteiger partial charge in [-0.05, 0) is 30.3 Å². The van der Waals surface area contributed by atoms with Crippen LogP contribution in [0.4, 0.5) is 5.69 Å². The topological polar surface area (TPSA) is 139 Å². The quantitative estimate of drug-likeness (QED) is 0.661. The van der Waals surface area contributed by atoms with Gasteiger partial charge in [-0.3, -0.25) is 4.72 Å². The maximum absolute atomic E-state index is 12.6. The number of hydrogen-bond acceptors (Lipinski definition) is 6. The van der Waals surface area contributed by atoms with E-state index in [0.717, 1.165) is 18.2 Å². The lowest BCUT2D eigenvalue weighted by molar-refractivity contribution is 0.0651. The fourth-order valence-corrected chi connectivity index (χ4v) is 3.24. The number of hydrogen-bond donors (Lipinski definition) is 3. The largest absolute Gasteiger partial charge is 0.497 e. The molecule has 0 aliphatic rings. The van der Waals surface area contributed by atoms with Crippen LogP contribution in [0, 0.1) is 0 Å². The van der Waals surface area contributed by atoms with Crippen molar-refractivity contribution >= 4 is 27.6 Å². The molecule has 0 aromatic heterocycles. The number of carbonyl (C=O) groups is 2. The zero-order chi connectivity index (χ0) is 19.5. The highest BCUT2D eigenvalue weighted by atomic mass is 32.2. The standard InChI is InChI=1S/C16H15NO8S/c1-24-9-3-6-14(25-2)13(7-9)17-26(22,23)10-4-5-11(15(18)19)12(8-10)16(20)21/h3-8,17H,1-2H3,(H,18,19)(H,20,21). The van der Waals surface area contributed by atoms with Gasteiger partial charge < -0.3 is 19.7 Å². The summed E-state index contributed by atoms with van der Waals surface area (Å²) in [6.45, 7) is 0. The number of carboxylic acid groups (broad SMARTS) is 2. The second kappa shape index (κ2) is 7.31. The predicted octanol–water partition coefficient (Wildman–Crippen LogP) is 1.90. The fourth-order valence-electron chi connectivity index (χ4n) is 2.15. The Bertz CT molecular complexity index is 968. The molecule has 0 aliphatic carbocycles. The van der Waals surface area contributed by atoms with E-state index in [0.29, 0.717) is 5.75 Å². The predicted molar refractivity (Wildman–Crippen MR) is 90.7 cm³/mol. The molecular weight excluding hydrogens is 366 g/mol. The van der Waals surface area contributed by atoms with Crippen molar-refractivity contribution in [2.45, 2.75) is 4.90 Å². The molecule has 0 spiro atoms. The number of anilines is 1. The van der Waals surface area contributed by atoms with Gasteiger partial charge in [0.05, 0.1) is 35.9 Å². The van der Waals surface area contributed by atoms with Crippen molar-refractivity contribution in [2.75, 3.05) is 18.9 Å². The molecule has 2 aromatic carbocycles. The van der Waals surface area contributed by atoms with Crippen LogP contribution in [0.25, 0.3) is 0 Å². The van der Waals surface area contributed by atoms with Gasteiger partial charge in [0, 0.05) is 6.07 Å². The van der Waals surface area contributed by atoms with Crippen LogP contribution in [0.1, 0.15) is 20.7 Å². The van der Waals surface area contributed by atoms with Crippen molar-refractivity contribution in [3.8, 4) is 11.5 Å². The van der Waals surface area contributed by atoms with Gasteiger partial charge in [-0.25, -0.2) is 18.0 Å². The van der Waals surface area contributed by atoms with Gasteiger partial charge in [0.2, 0.25) is 0 Å². The molecule has 0 atom stereocenters. The van der Waals surface area contributed by atoms with Gasteiger partial charge in [0.1, 0.15) is 11.5 Å². The van der Waals surface area contributed by atoms with Crippen LogP contribution < -0.4 is 14.2 Å². The average molecular weight is 381 g/mol. The maximum Gasteiger partial charge on any atom is 0.336 e. The molecule has 2 rings (SSSR count). The number of aromatic carboxylic acids is 2. The zero-order valence-electron chi connectivity index (χ0n) is 13.7. The van der Waals surface area contributed by atoms with Crippen LogP contribution in [0.15, 0.2) is 41.3 Å². The third-order valence-electron chi connectivity index (χ3n) is 3.41. The molecule has 0 aliphatic heterocycles. The molecular formula is C16H15NO8S. The zero-order valence-corrected chi connectivity index (χ0v) is 14.5. The van der Waals surface area contributed by atoms with Crippen molar-refractivity contribution in [3.05, 3.63) is 47.5 Å². The Morgan fingerprint density at radius 2 is 1.58 bits per heavy atom. The van der Waals surface area contributed by atoms with Gasteiger partial charge >= 0.3 is 11.9 Å². The third kappa shape index (κ3) is 3.86. The monoisotopic (exact) mass is 381 g/mol. The Hall–Kier alpha value is -3.27. The summed E-state index contributed by atoms with van der Waals surface area (Å²) in [5, 5.41) is 18.1. The molecule has 10 heteroatoms. The first-order chi connectivity index (χ1) is 12.2. The van der Waals surface area contributed by atoms with Crippen LogP contribution in [0.5, 0.6) is 11.5 Å². The summed E-state index contributed by atoms with van der Waals surface area (Å²) in [7, 11) is -1.45. The molecule has 2 aromatic rings. The smallest absolute Gasteiger partial charge is 0.336 e. The summed E-state index contributed by atoms with van der Waals surface area (Å²) >= 11 is 0. The second-order valence-electron chi connectivity index (χ2n) is 4.99. The van der Waals surface area contributed by atoms with E-state index in [9.17, 15) is 18.0 Å². The fraction of sp³-hybridized carbons (Fsp3) is 0.125. The first kappa shape index (κ1) is 19.1. The number of rotatable bonds is 7. The number of sulfonamides is 1. The van der Waals surface area contributed by atoms with Gasteiger partial charge in [0.25, 0.3) is 10.0 Å². The first-order valence-corrected chi connectivity index (χ1v) is 8.53. The molecule has 0 unspecified atom stereocenters. The summed E-state index contributed by atoms with van der Waals surface area (Å²) in [5.41, 5.74) is -1.08. The van der Waals surface area contributed by atoms with Crippen LogP contribution in [-0.4, -0.2) is 44.8 Å². The molecule has 26 heavy (non-hydrogen) atoms. The lowest BCUT2D eigenvalue weighted by Gasteiger charge is -2.14. The van der Waals surface area contributed by atoms with Gasteiger partial charge in [-0.2, -0.15) is 0 Å². The molecule has 0 amide bonds. The van der Waals surface area contributed by atoms with Crippen molar-refractivity contribution in [2.24, 2.45) is 0 Å². The van der Waals surface area contributed by atoms with E-state index in [4.69, 9.17) is 19.7 Å². The minimum Gasteiger partial charge on any atom is -0.497 e. The Balaban J connectivity index is 2.50. The van der Waals surface area contributed by atoms with E-state index in [1.807, 2.05) is 0 Å². The van der Waals surface area contributed by atoms with Gasteiger partial charge in [-0.1, -0.05) is 0 Å². The van der Waals surface area contributed by atoms with Crippen molar-refractivity contribution in [1.29, 1.82) is 0 Å². The lowest BCUT2D eigenvalue weighted by Crippen LogP contribution is -2.16. The Kier molecular flexibility index (Phi) is 5.36. The first-order valence-electron chi connectivity index (χ1n) is 7.05.